The Balaban J connectivity index is 1.98. The topological polar surface area (TPSA) is 49.3 Å². The Hall–Kier alpha value is -2.55. The number of hydrogen-bond acceptors (Lipinski definition) is 3. The van der Waals surface area contributed by atoms with Crippen molar-refractivity contribution >= 4 is 11.5 Å². The molecule has 0 saturated carbocycles. The number of aromatic hydroxyl groups is 1. The maximum Gasteiger partial charge on any atom is 0.187 e. The van der Waals surface area contributed by atoms with Gasteiger partial charge in [-0.25, -0.2) is 0 Å². The molecule has 0 radical (unpaired) electrons. The number of rotatable bonds is 5. The molecule has 20 heavy (non-hydrogen) atoms. The molecule has 2 rings (SSSR count). The second-order valence-electron chi connectivity index (χ2n) is 4.44. The fourth-order valence-electron chi connectivity index (χ4n) is 1.81. The van der Waals surface area contributed by atoms with Crippen molar-refractivity contribution in [3.63, 3.8) is 0 Å². The molecule has 0 aliphatic rings. The summed E-state index contributed by atoms with van der Waals surface area (Å²) in [6.45, 7) is 2.08. The number of phenols is 1. The van der Waals surface area contributed by atoms with Crippen LogP contribution in [0.3, 0.4) is 0 Å². The van der Waals surface area contributed by atoms with Gasteiger partial charge in [0.25, 0.3) is 0 Å². The van der Waals surface area contributed by atoms with Crippen LogP contribution in [-0.4, -0.2) is 10.9 Å². The lowest BCUT2D eigenvalue weighted by atomic mass is 10.1. The second-order valence-corrected chi connectivity index (χ2v) is 4.44. The van der Waals surface area contributed by atoms with E-state index in [1.807, 2.05) is 30.3 Å². The number of nitrogens with one attached hydrogen (secondary N) is 1. The van der Waals surface area contributed by atoms with Crippen LogP contribution in [0.5, 0.6) is 5.75 Å². The van der Waals surface area contributed by atoms with Crippen LogP contribution in [0, 0.1) is 0 Å². The van der Waals surface area contributed by atoms with Gasteiger partial charge in [0, 0.05) is 29.6 Å². The standard InChI is InChI=1S/C17H17NO2/c1-2-13-6-8-14(9-7-13)17(20)10-11-18-15-4-3-5-16(19)12-15/h3-12,18-19H,2H2,1H3. The Morgan fingerprint density at radius 1 is 1.20 bits per heavy atom. The zero-order chi connectivity index (χ0) is 14.4. The molecule has 0 saturated heterocycles. The lowest BCUT2D eigenvalue weighted by Crippen LogP contribution is -1.96. The van der Waals surface area contributed by atoms with Crippen molar-refractivity contribution in [3.8, 4) is 5.75 Å². The molecule has 3 nitrogen and oxygen atoms in total. The highest BCUT2D eigenvalue weighted by molar-refractivity contribution is 6.04. The highest BCUT2D eigenvalue weighted by Gasteiger charge is 2.00. The first-order chi connectivity index (χ1) is 9.69. The van der Waals surface area contributed by atoms with Gasteiger partial charge in [0.15, 0.2) is 5.78 Å². The van der Waals surface area contributed by atoms with Crippen LogP contribution >= 0.6 is 0 Å². The van der Waals surface area contributed by atoms with Crippen molar-refractivity contribution in [3.05, 3.63) is 71.9 Å². The largest absolute Gasteiger partial charge is 0.508 e. The number of carbonyl (C=O) groups excluding carboxylic acids is 1. The van der Waals surface area contributed by atoms with E-state index in [0.717, 1.165) is 12.1 Å². The van der Waals surface area contributed by atoms with Crippen molar-refractivity contribution in [2.75, 3.05) is 5.32 Å². The summed E-state index contributed by atoms with van der Waals surface area (Å²) in [5, 5.41) is 12.3. The predicted molar refractivity (Wildman–Crippen MR) is 81.0 cm³/mol. The monoisotopic (exact) mass is 267 g/mol. The number of ketones is 1. The van der Waals surface area contributed by atoms with Crippen LogP contribution in [0.25, 0.3) is 0 Å². The summed E-state index contributed by atoms with van der Waals surface area (Å²) >= 11 is 0. The molecule has 0 heterocycles. The van der Waals surface area contributed by atoms with Crippen LogP contribution in [-0.2, 0) is 6.42 Å². The van der Waals surface area contributed by atoms with Gasteiger partial charge in [0.05, 0.1) is 0 Å². The molecule has 0 atom stereocenters. The molecule has 102 valence electrons. The Morgan fingerprint density at radius 3 is 2.60 bits per heavy atom. The van der Waals surface area contributed by atoms with Crippen molar-refractivity contribution < 1.29 is 9.90 Å². The van der Waals surface area contributed by atoms with Crippen molar-refractivity contribution in [2.45, 2.75) is 13.3 Å². The van der Waals surface area contributed by atoms with E-state index in [2.05, 4.69) is 12.2 Å². The molecule has 2 aromatic carbocycles. The molecule has 0 aromatic heterocycles. The van der Waals surface area contributed by atoms with Crippen molar-refractivity contribution in [1.82, 2.24) is 0 Å². The van der Waals surface area contributed by atoms with Crippen LogP contribution in [0.1, 0.15) is 22.8 Å². The highest BCUT2D eigenvalue weighted by Crippen LogP contribution is 2.15. The summed E-state index contributed by atoms with van der Waals surface area (Å²) in [4.78, 5) is 11.9. The number of allylic oxidation sites excluding steroid dienone is 1. The van der Waals surface area contributed by atoms with E-state index in [0.29, 0.717) is 5.56 Å². The smallest absolute Gasteiger partial charge is 0.187 e. The van der Waals surface area contributed by atoms with Crippen LogP contribution < -0.4 is 5.32 Å². The summed E-state index contributed by atoms with van der Waals surface area (Å²) in [7, 11) is 0. The zero-order valence-electron chi connectivity index (χ0n) is 11.3. The lowest BCUT2D eigenvalue weighted by molar-refractivity contribution is 0.104. The van der Waals surface area contributed by atoms with Crippen LogP contribution in [0.2, 0.25) is 0 Å². The SMILES string of the molecule is CCc1ccc(C(=O)C=CNc2cccc(O)c2)cc1. The predicted octanol–water partition coefficient (Wildman–Crippen LogP) is 3.76. The Labute approximate surface area is 118 Å². The maximum atomic E-state index is 11.9. The molecular formula is C17H17NO2. The second kappa shape index (κ2) is 6.57. The van der Waals surface area contributed by atoms with Gasteiger partial charge in [-0.1, -0.05) is 37.3 Å². The minimum absolute atomic E-state index is 0.0553. The fraction of sp³-hybridized carbons (Fsp3) is 0.118. The Bertz CT molecular complexity index is 615. The third kappa shape index (κ3) is 3.72. The van der Waals surface area contributed by atoms with Gasteiger partial charge in [-0.05, 0) is 24.1 Å². The average molecular weight is 267 g/mol. The summed E-state index contributed by atoms with van der Waals surface area (Å²) in [5.74, 6) is 0.130. The van der Waals surface area contributed by atoms with Gasteiger partial charge in [-0.15, -0.1) is 0 Å². The molecular weight excluding hydrogens is 250 g/mol. The van der Waals surface area contributed by atoms with Crippen molar-refractivity contribution in [2.24, 2.45) is 0 Å². The molecule has 2 aromatic rings. The zero-order valence-corrected chi connectivity index (χ0v) is 11.3. The van der Waals surface area contributed by atoms with E-state index in [9.17, 15) is 9.90 Å². The summed E-state index contributed by atoms with van der Waals surface area (Å²) in [6.07, 6.45) is 4.01. The first kappa shape index (κ1) is 13.9. The van der Waals surface area contributed by atoms with Gasteiger partial charge in [0.1, 0.15) is 5.75 Å². The van der Waals surface area contributed by atoms with E-state index in [-0.39, 0.29) is 11.5 Å². The highest BCUT2D eigenvalue weighted by atomic mass is 16.3. The normalized spacial score (nSPS) is 10.7. The average Bonchev–Trinajstić information content (AvgIpc) is 2.47. The first-order valence-corrected chi connectivity index (χ1v) is 6.54. The molecule has 3 heteroatoms. The quantitative estimate of drug-likeness (QED) is 0.640. The van der Waals surface area contributed by atoms with Gasteiger partial charge >= 0.3 is 0 Å². The number of phenolic OH excluding ortho intramolecular Hbond substituents is 1. The third-order valence-corrected chi connectivity index (χ3v) is 2.98. The maximum absolute atomic E-state index is 11.9. The fourth-order valence-corrected chi connectivity index (χ4v) is 1.81. The molecule has 0 amide bonds. The van der Waals surface area contributed by atoms with Gasteiger partial charge < -0.3 is 10.4 Å². The minimum Gasteiger partial charge on any atom is -0.508 e. The molecule has 0 aliphatic heterocycles. The number of aryl methyl sites for hydroxylation is 1. The summed E-state index contributed by atoms with van der Waals surface area (Å²) in [5.41, 5.74) is 2.61. The Morgan fingerprint density at radius 2 is 1.95 bits per heavy atom. The summed E-state index contributed by atoms with van der Waals surface area (Å²) < 4.78 is 0. The number of benzene rings is 2. The first-order valence-electron chi connectivity index (χ1n) is 6.54. The molecule has 0 aliphatic carbocycles. The van der Waals surface area contributed by atoms with Gasteiger partial charge in [-0.3, -0.25) is 4.79 Å². The summed E-state index contributed by atoms with van der Waals surface area (Å²) in [6, 6.07) is 14.3. The van der Waals surface area contributed by atoms with E-state index >= 15 is 0 Å². The molecule has 0 fully saturated rings. The van der Waals surface area contributed by atoms with E-state index in [1.54, 1.807) is 24.4 Å². The van der Waals surface area contributed by atoms with E-state index < -0.39 is 0 Å². The number of anilines is 1. The van der Waals surface area contributed by atoms with Gasteiger partial charge in [0.2, 0.25) is 0 Å². The van der Waals surface area contributed by atoms with Gasteiger partial charge in [-0.2, -0.15) is 0 Å². The van der Waals surface area contributed by atoms with E-state index in [4.69, 9.17) is 0 Å². The van der Waals surface area contributed by atoms with Crippen molar-refractivity contribution in [1.29, 1.82) is 0 Å². The van der Waals surface area contributed by atoms with Crippen LogP contribution in [0.15, 0.2) is 60.8 Å². The molecule has 2 N–H and O–H groups in total. The van der Waals surface area contributed by atoms with E-state index in [1.165, 1.54) is 11.6 Å². The lowest BCUT2D eigenvalue weighted by Gasteiger charge is -2.01. The number of hydrogen-bond donors (Lipinski definition) is 2. The minimum atomic E-state index is -0.0553. The molecule has 0 unspecified atom stereocenters. The number of carbonyl (C=O) groups is 1. The van der Waals surface area contributed by atoms with Crippen LogP contribution in [0.4, 0.5) is 5.69 Å². The molecule has 0 spiro atoms. The molecule has 0 bridgehead atoms. The Kier molecular flexibility index (Phi) is 4.56. The third-order valence-electron chi connectivity index (χ3n) is 2.98.